The van der Waals surface area contributed by atoms with Crippen molar-refractivity contribution in [1.29, 1.82) is 0 Å². The summed E-state index contributed by atoms with van der Waals surface area (Å²) in [4.78, 5) is 7.46. The minimum absolute atomic E-state index is 0.124. The summed E-state index contributed by atoms with van der Waals surface area (Å²) in [6, 6.07) is 4.87. The first-order chi connectivity index (χ1) is 7.98. The number of aromatic nitrogens is 2. The average Bonchev–Trinajstić information content (AvgIpc) is 2.29. The van der Waals surface area contributed by atoms with Gasteiger partial charge in [-0.3, -0.25) is 0 Å². The Balaban J connectivity index is 2.51. The Kier molecular flexibility index (Phi) is 3.02. The molecule has 0 radical (unpaired) electrons. The second-order valence-corrected chi connectivity index (χ2v) is 3.66. The van der Waals surface area contributed by atoms with E-state index in [1.165, 1.54) is 24.7 Å². The van der Waals surface area contributed by atoms with E-state index < -0.39 is 11.7 Å². The van der Waals surface area contributed by atoms with Crippen LogP contribution in [0.5, 0.6) is 0 Å². The molecule has 2 nitrogen and oxygen atoms in total. The van der Waals surface area contributed by atoms with E-state index in [0.29, 0.717) is 11.1 Å². The lowest BCUT2D eigenvalue weighted by Gasteiger charge is -2.08. The molecular weight excluding hydrogens is 253 g/mol. The Morgan fingerprint density at radius 3 is 2.59 bits per heavy atom. The number of alkyl halides is 3. The smallest absolute Gasteiger partial charge is 0.244 e. The Labute approximate surface area is 100 Å². The van der Waals surface area contributed by atoms with Crippen LogP contribution in [0.1, 0.15) is 5.56 Å². The van der Waals surface area contributed by atoms with Crippen molar-refractivity contribution in [3.63, 3.8) is 0 Å². The molecule has 2 aromatic rings. The summed E-state index contributed by atoms with van der Waals surface area (Å²) in [7, 11) is 0. The van der Waals surface area contributed by atoms with Crippen LogP contribution in [0.2, 0.25) is 5.15 Å². The molecular formula is C11H6ClF3N2. The van der Waals surface area contributed by atoms with Crippen molar-refractivity contribution in [1.82, 2.24) is 9.97 Å². The van der Waals surface area contributed by atoms with Gasteiger partial charge in [0.25, 0.3) is 0 Å². The maximum Gasteiger partial charge on any atom is 0.416 e. The molecule has 6 heteroatoms. The minimum Gasteiger partial charge on any atom is -0.244 e. The minimum atomic E-state index is -4.38. The lowest BCUT2D eigenvalue weighted by Crippen LogP contribution is -2.04. The summed E-state index contributed by atoms with van der Waals surface area (Å²) in [5, 5.41) is 0.124. The highest BCUT2D eigenvalue weighted by Crippen LogP contribution is 2.33. The molecule has 1 aromatic heterocycles. The first-order valence-electron chi connectivity index (χ1n) is 4.61. The molecule has 0 aliphatic rings. The van der Waals surface area contributed by atoms with Gasteiger partial charge < -0.3 is 0 Å². The van der Waals surface area contributed by atoms with Crippen molar-refractivity contribution in [2.45, 2.75) is 6.18 Å². The van der Waals surface area contributed by atoms with E-state index in [4.69, 9.17) is 11.6 Å². The molecule has 0 N–H and O–H groups in total. The molecule has 1 aromatic carbocycles. The van der Waals surface area contributed by atoms with Crippen molar-refractivity contribution < 1.29 is 13.2 Å². The lowest BCUT2D eigenvalue weighted by molar-refractivity contribution is -0.137. The standard InChI is InChI=1S/C11H6ClF3N2/c12-10-9(5-16-6-17-10)7-2-1-3-8(4-7)11(13,14)15/h1-6H. The van der Waals surface area contributed by atoms with Gasteiger partial charge in [-0.05, 0) is 17.7 Å². The van der Waals surface area contributed by atoms with Gasteiger partial charge >= 0.3 is 6.18 Å². The highest BCUT2D eigenvalue weighted by Gasteiger charge is 2.30. The second-order valence-electron chi connectivity index (χ2n) is 3.31. The molecule has 0 fully saturated rings. The summed E-state index contributed by atoms with van der Waals surface area (Å²) in [5.74, 6) is 0. The monoisotopic (exact) mass is 258 g/mol. The van der Waals surface area contributed by atoms with E-state index in [-0.39, 0.29) is 5.15 Å². The first kappa shape index (κ1) is 11.9. The van der Waals surface area contributed by atoms with Gasteiger partial charge in [-0.15, -0.1) is 0 Å². The Morgan fingerprint density at radius 2 is 1.94 bits per heavy atom. The van der Waals surface area contributed by atoms with Gasteiger partial charge in [-0.25, -0.2) is 9.97 Å². The lowest BCUT2D eigenvalue weighted by atomic mass is 10.1. The van der Waals surface area contributed by atoms with E-state index >= 15 is 0 Å². The van der Waals surface area contributed by atoms with Crippen molar-refractivity contribution in [2.24, 2.45) is 0 Å². The van der Waals surface area contributed by atoms with Gasteiger partial charge in [0.05, 0.1) is 5.56 Å². The Hall–Kier alpha value is -1.62. The van der Waals surface area contributed by atoms with E-state index in [0.717, 1.165) is 12.1 Å². The summed E-state index contributed by atoms with van der Waals surface area (Å²) in [6.07, 6.45) is -1.76. The summed E-state index contributed by atoms with van der Waals surface area (Å²) in [6.45, 7) is 0. The molecule has 1 heterocycles. The summed E-state index contributed by atoms with van der Waals surface area (Å²) < 4.78 is 37.6. The van der Waals surface area contributed by atoms with E-state index in [2.05, 4.69) is 9.97 Å². The maximum atomic E-state index is 12.5. The van der Waals surface area contributed by atoms with Crippen LogP contribution in [0, 0.1) is 0 Å². The summed E-state index contributed by atoms with van der Waals surface area (Å²) in [5.41, 5.74) is -0.0133. The van der Waals surface area contributed by atoms with Crippen LogP contribution in [-0.2, 0) is 6.18 Å². The molecule has 0 saturated carbocycles. The zero-order valence-corrected chi connectivity index (χ0v) is 9.13. The molecule has 0 amide bonds. The highest BCUT2D eigenvalue weighted by atomic mass is 35.5. The SMILES string of the molecule is FC(F)(F)c1cccc(-c2cncnc2Cl)c1. The molecule has 0 aliphatic heterocycles. The van der Waals surface area contributed by atoms with Gasteiger partial charge in [0.1, 0.15) is 11.5 Å². The third-order valence-electron chi connectivity index (χ3n) is 2.16. The second kappa shape index (κ2) is 4.33. The average molecular weight is 259 g/mol. The van der Waals surface area contributed by atoms with Crippen LogP contribution in [0.3, 0.4) is 0 Å². The molecule has 0 aliphatic carbocycles. The fourth-order valence-corrected chi connectivity index (χ4v) is 1.57. The molecule has 2 rings (SSSR count). The van der Waals surface area contributed by atoms with E-state index in [1.54, 1.807) is 0 Å². The molecule has 0 saturated heterocycles. The molecule has 17 heavy (non-hydrogen) atoms. The van der Waals surface area contributed by atoms with Crippen molar-refractivity contribution >= 4 is 11.6 Å². The maximum absolute atomic E-state index is 12.5. The molecule has 88 valence electrons. The highest BCUT2D eigenvalue weighted by molar-refractivity contribution is 6.32. The topological polar surface area (TPSA) is 25.8 Å². The van der Waals surface area contributed by atoms with Crippen molar-refractivity contribution in [3.05, 3.63) is 47.5 Å². The summed E-state index contributed by atoms with van der Waals surface area (Å²) >= 11 is 5.79. The fourth-order valence-electron chi connectivity index (χ4n) is 1.37. The zero-order valence-electron chi connectivity index (χ0n) is 8.37. The van der Waals surface area contributed by atoms with Crippen LogP contribution in [0.25, 0.3) is 11.1 Å². The van der Waals surface area contributed by atoms with Crippen LogP contribution in [-0.4, -0.2) is 9.97 Å². The normalized spacial score (nSPS) is 11.5. The van der Waals surface area contributed by atoms with E-state index in [1.807, 2.05) is 0 Å². The van der Waals surface area contributed by atoms with Gasteiger partial charge in [0, 0.05) is 11.8 Å². The molecule has 0 spiro atoms. The fraction of sp³-hybridized carbons (Fsp3) is 0.0909. The number of hydrogen-bond acceptors (Lipinski definition) is 2. The predicted octanol–water partition coefficient (Wildman–Crippen LogP) is 3.82. The zero-order chi connectivity index (χ0) is 12.5. The van der Waals surface area contributed by atoms with Crippen LogP contribution in [0.4, 0.5) is 13.2 Å². The number of nitrogens with zero attached hydrogens (tertiary/aromatic N) is 2. The van der Waals surface area contributed by atoms with Crippen LogP contribution >= 0.6 is 11.6 Å². The van der Waals surface area contributed by atoms with Crippen LogP contribution < -0.4 is 0 Å². The number of benzene rings is 1. The number of halogens is 4. The largest absolute Gasteiger partial charge is 0.416 e. The van der Waals surface area contributed by atoms with Gasteiger partial charge in [-0.2, -0.15) is 13.2 Å². The Bertz CT molecular complexity index is 540. The van der Waals surface area contributed by atoms with Crippen molar-refractivity contribution in [2.75, 3.05) is 0 Å². The number of rotatable bonds is 1. The third-order valence-corrected chi connectivity index (χ3v) is 2.47. The van der Waals surface area contributed by atoms with E-state index in [9.17, 15) is 13.2 Å². The first-order valence-corrected chi connectivity index (χ1v) is 4.99. The molecule has 0 bridgehead atoms. The van der Waals surface area contributed by atoms with Crippen LogP contribution in [0.15, 0.2) is 36.8 Å². The molecule has 0 unspecified atom stereocenters. The van der Waals surface area contributed by atoms with Gasteiger partial charge in [-0.1, -0.05) is 23.7 Å². The van der Waals surface area contributed by atoms with Gasteiger partial charge in [0.15, 0.2) is 0 Å². The number of hydrogen-bond donors (Lipinski definition) is 0. The predicted molar refractivity (Wildman–Crippen MR) is 57.5 cm³/mol. The quantitative estimate of drug-likeness (QED) is 0.727. The molecule has 0 atom stereocenters. The van der Waals surface area contributed by atoms with Gasteiger partial charge in [0.2, 0.25) is 0 Å². The van der Waals surface area contributed by atoms with Crippen molar-refractivity contribution in [3.8, 4) is 11.1 Å². The third kappa shape index (κ3) is 2.55. The Morgan fingerprint density at radius 1 is 1.18 bits per heavy atom.